The predicted molar refractivity (Wildman–Crippen MR) is 79.4 cm³/mol. The van der Waals surface area contributed by atoms with Gasteiger partial charge in [-0.05, 0) is 12.3 Å². The van der Waals surface area contributed by atoms with Crippen molar-refractivity contribution in [1.29, 1.82) is 0 Å². The zero-order chi connectivity index (χ0) is 13.4. The highest BCUT2D eigenvalue weighted by molar-refractivity contribution is 4.44. The van der Waals surface area contributed by atoms with Crippen LogP contribution in [0.15, 0.2) is 0 Å². The Balaban J connectivity index is 0. The fraction of sp³-hybridized carbons (Fsp3) is 1.00. The minimum Gasteiger partial charge on any atom is -0.396 e. The van der Waals surface area contributed by atoms with Crippen molar-refractivity contribution in [3.8, 4) is 0 Å². The van der Waals surface area contributed by atoms with Crippen LogP contribution in [-0.2, 0) is 0 Å². The maximum absolute atomic E-state index is 8.42. The third kappa shape index (κ3) is 25.9. The average molecular weight is 244 g/mol. The first-order valence-electron chi connectivity index (χ1n) is 7.79. The van der Waals surface area contributed by atoms with E-state index in [0.29, 0.717) is 6.61 Å². The van der Waals surface area contributed by atoms with E-state index in [1.807, 2.05) is 0 Å². The Kier molecular flexibility index (Phi) is 20.8. The van der Waals surface area contributed by atoms with Crippen molar-refractivity contribution in [1.82, 2.24) is 0 Å². The average Bonchev–Trinajstić information content (AvgIpc) is 2.30. The largest absolute Gasteiger partial charge is 0.396 e. The van der Waals surface area contributed by atoms with Crippen LogP contribution in [-0.4, -0.2) is 11.7 Å². The number of aliphatic hydroxyl groups is 1. The molecule has 17 heavy (non-hydrogen) atoms. The van der Waals surface area contributed by atoms with Crippen LogP contribution >= 0.6 is 0 Å². The molecule has 0 unspecified atom stereocenters. The lowest BCUT2D eigenvalue weighted by atomic mass is 10.1. The molecule has 0 atom stereocenters. The van der Waals surface area contributed by atoms with Crippen molar-refractivity contribution in [2.24, 2.45) is 5.92 Å². The van der Waals surface area contributed by atoms with Gasteiger partial charge in [-0.25, -0.2) is 0 Å². The molecule has 0 amide bonds. The second-order valence-electron chi connectivity index (χ2n) is 5.38. The second kappa shape index (κ2) is 18.3. The molecule has 0 saturated heterocycles. The third-order valence-corrected chi connectivity index (χ3v) is 2.90. The van der Waals surface area contributed by atoms with E-state index in [4.69, 9.17) is 5.11 Å². The summed E-state index contributed by atoms with van der Waals surface area (Å²) in [4.78, 5) is 0. The van der Waals surface area contributed by atoms with Gasteiger partial charge in [-0.3, -0.25) is 0 Å². The van der Waals surface area contributed by atoms with Crippen LogP contribution in [0.25, 0.3) is 0 Å². The van der Waals surface area contributed by atoms with E-state index in [9.17, 15) is 0 Å². The molecule has 1 N–H and O–H groups in total. The molecule has 0 aromatic rings. The molecule has 0 radical (unpaired) electrons. The molecule has 1 heteroatoms. The molecule has 0 heterocycles. The molecule has 0 saturated carbocycles. The molecule has 0 spiro atoms. The SMILES string of the molecule is CCCCCC(C)C.CCCCCCCCO. The summed E-state index contributed by atoms with van der Waals surface area (Å²) < 4.78 is 0. The lowest BCUT2D eigenvalue weighted by Gasteiger charge is -2.00. The Morgan fingerprint density at radius 3 is 1.65 bits per heavy atom. The Hall–Kier alpha value is -0.0400. The first kappa shape index (κ1) is 19.3. The number of unbranched alkanes of at least 4 members (excludes halogenated alkanes) is 7. The van der Waals surface area contributed by atoms with E-state index in [1.54, 1.807) is 0 Å². The van der Waals surface area contributed by atoms with Gasteiger partial charge in [0, 0.05) is 6.61 Å². The van der Waals surface area contributed by atoms with Gasteiger partial charge in [0.1, 0.15) is 0 Å². The van der Waals surface area contributed by atoms with Gasteiger partial charge in [-0.2, -0.15) is 0 Å². The maximum Gasteiger partial charge on any atom is 0.0431 e. The van der Waals surface area contributed by atoms with Crippen LogP contribution in [0.5, 0.6) is 0 Å². The van der Waals surface area contributed by atoms with Crippen LogP contribution < -0.4 is 0 Å². The number of aliphatic hydroxyl groups excluding tert-OH is 1. The zero-order valence-electron chi connectivity index (χ0n) is 12.8. The molecule has 0 bridgehead atoms. The summed E-state index contributed by atoms with van der Waals surface area (Å²) >= 11 is 0. The van der Waals surface area contributed by atoms with Gasteiger partial charge in [0.05, 0.1) is 0 Å². The van der Waals surface area contributed by atoms with Crippen molar-refractivity contribution >= 4 is 0 Å². The molecule has 106 valence electrons. The van der Waals surface area contributed by atoms with Crippen molar-refractivity contribution in [3.63, 3.8) is 0 Å². The molecule has 0 aliphatic carbocycles. The molecule has 0 aliphatic rings. The Labute approximate surface area is 110 Å². The highest BCUT2D eigenvalue weighted by Gasteiger charge is 1.90. The van der Waals surface area contributed by atoms with Gasteiger partial charge in [0.15, 0.2) is 0 Å². The second-order valence-corrected chi connectivity index (χ2v) is 5.38. The van der Waals surface area contributed by atoms with Gasteiger partial charge in [0.25, 0.3) is 0 Å². The standard InChI is InChI=1S/C8H18O.C8H18/c1-2-3-4-5-6-7-8-9;1-4-5-6-7-8(2)3/h9H,2-8H2,1H3;8H,4-7H2,1-3H3. The molecular weight excluding hydrogens is 208 g/mol. The van der Waals surface area contributed by atoms with Gasteiger partial charge < -0.3 is 5.11 Å². The van der Waals surface area contributed by atoms with Crippen LogP contribution in [0.3, 0.4) is 0 Å². The quantitative estimate of drug-likeness (QED) is 0.499. The van der Waals surface area contributed by atoms with E-state index in [-0.39, 0.29) is 0 Å². The van der Waals surface area contributed by atoms with E-state index in [2.05, 4.69) is 27.7 Å². The van der Waals surface area contributed by atoms with E-state index < -0.39 is 0 Å². The molecule has 0 aliphatic heterocycles. The maximum atomic E-state index is 8.42. The summed E-state index contributed by atoms with van der Waals surface area (Å²) in [7, 11) is 0. The number of hydrogen-bond donors (Lipinski definition) is 1. The van der Waals surface area contributed by atoms with Crippen LogP contribution in [0.4, 0.5) is 0 Å². The molecule has 0 aromatic heterocycles. The summed E-state index contributed by atoms with van der Waals surface area (Å²) in [5, 5.41) is 8.42. The topological polar surface area (TPSA) is 20.2 Å². The van der Waals surface area contributed by atoms with Crippen LogP contribution in [0.2, 0.25) is 0 Å². The minimum atomic E-state index is 0.367. The monoisotopic (exact) mass is 244 g/mol. The Morgan fingerprint density at radius 2 is 1.18 bits per heavy atom. The summed E-state index contributed by atoms with van der Waals surface area (Å²) in [6.07, 6.45) is 13.1. The summed E-state index contributed by atoms with van der Waals surface area (Å²) in [5.74, 6) is 0.904. The van der Waals surface area contributed by atoms with Crippen molar-refractivity contribution in [2.75, 3.05) is 6.61 Å². The molecule has 1 nitrogen and oxygen atoms in total. The summed E-state index contributed by atoms with van der Waals surface area (Å²) in [5.41, 5.74) is 0. The molecule has 0 fully saturated rings. The minimum absolute atomic E-state index is 0.367. The van der Waals surface area contributed by atoms with Crippen molar-refractivity contribution in [2.45, 2.75) is 91.9 Å². The smallest absolute Gasteiger partial charge is 0.0431 e. The fourth-order valence-electron chi connectivity index (χ4n) is 1.69. The van der Waals surface area contributed by atoms with Crippen LogP contribution in [0, 0.1) is 5.92 Å². The summed E-state index contributed by atoms with van der Waals surface area (Å²) in [6, 6.07) is 0. The van der Waals surface area contributed by atoms with Crippen molar-refractivity contribution < 1.29 is 5.11 Å². The summed E-state index contributed by atoms with van der Waals surface area (Å²) in [6.45, 7) is 9.41. The van der Waals surface area contributed by atoms with Gasteiger partial charge in [-0.1, -0.05) is 85.5 Å². The lowest BCUT2D eigenvalue weighted by molar-refractivity contribution is 0.282. The Morgan fingerprint density at radius 1 is 0.706 bits per heavy atom. The van der Waals surface area contributed by atoms with E-state index >= 15 is 0 Å². The Bertz CT molecular complexity index is 104. The number of rotatable bonds is 10. The van der Waals surface area contributed by atoms with Gasteiger partial charge >= 0.3 is 0 Å². The van der Waals surface area contributed by atoms with Gasteiger partial charge in [-0.15, -0.1) is 0 Å². The van der Waals surface area contributed by atoms with Crippen LogP contribution in [0.1, 0.15) is 91.9 Å². The van der Waals surface area contributed by atoms with E-state index in [0.717, 1.165) is 12.3 Å². The van der Waals surface area contributed by atoms with Crippen molar-refractivity contribution in [3.05, 3.63) is 0 Å². The van der Waals surface area contributed by atoms with Gasteiger partial charge in [0.2, 0.25) is 0 Å². The normalized spacial score (nSPS) is 10.2. The predicted octanol–water partition coefficient (Wildman–Crippen LogP) is 5.56. The first-order valence-corrected chi connectivity index (χ1v) is 7.79. The fourth-order valence-corrected chi connectivity index (χ4v) is 1.69. The third-order valence-electron chi connectivity index (χ3n) is 2.90. The highest BCUT2D eigenvalue weighted by atomic mass is 16.2. The molecule has 0 rings (SSSR count). The first-order chi connectivity index (χ1) is 8.18. The zero-order valence-corrected chi connectivity index (χ0v) is 12.8. The molecular formula is C16H36O. The highest BCUT2D eigenvalue weighted by Crippen LogP contribution is 2.06. The lowest BCUT2D eigenvalue weighted by Crippen LogP contribution is -1.85. The van der Waals surface area contributed by atoms with E-state index in [1.165, 1.54) is 57.8 Å². The number of hydrogen-bond acceptors (Lipinski definition) is 1. The molecule has 0 aromatic carbocycles.